The van der Waals surface area contributed by atoms with Crippen LogP contribution in [0.4, 0.5) is 5.69 Å². The van der Waals surface area contributed by atoms with Crippen LogP contribution in [-0.4, -0.2) is 37.0 Å². The van der Waals surface area contributed by atoms with Crippen LogP contribution in [0.15, 0.2) is 29.2 Å². The minimum atomic E-state index is -3.50. The van der Waals surface area contributed by atoms with Crippen molar-refractivity contribution in [2.24, 2.45) is 0 Å². The number of nitrogens with zero attached hydrogens (tertiary/aromatic N) is 1. The summed E-state index contributed by atoms with van der Waals surface area (Å²) in [6.07, 6.45) is 1.50. The molecule has 3 N–H and O–H groups in total. The SMILES string of the molecule is Nc1ccc(S(=O)(=O)N2CCC[C@H]2CO)cc1. The number of benzene rings is 1. The van der Waals surface area contributed by atoms with Crippen LogP contribution in [0.5, 0.6) is 0 Å². The van der Waals surface area contributed by atoms with Gasteiger partial charge in [0.2, 0.25) is 10.0 Å². The average Bonchev–Trinajstić information content (AvgIpc) is 2.78. The minimum absolute atomic E-state index is 0.131. The molecule has 1 atom stereocenters. The van der Waals surface area contributed by atoms with E-state index in [0.717, 1.165) is 6.42 Å². The van der Waals surface area contributed by atoms with E-state index in [-0.39, 0.29) is 17.5 Å². The van der Waals surface area contributed by atoms with Crippen molar-refractivity contribution in [3.63, 3.8) is 0 Å². The zero-order valence-corrected chi connectivity index (χ0v) is 10.2. The molecule has 1 aliphatic rings. The molecule has 1 heterocycles. The maximum Gasteiger partial charge on any atom is 0.243 e. The molecule has 1 aromatic carbocycles. The quantitative estimate of drug-likeness (QED) is 0.767. The van der Waals surface area contributed by atoms with E-state index < -0.39 is 10.0 Å². The lowest BCUT2D eigenvalue weighted by Gasteiger charge is -2.22. The average molecular weight is 256 g/mol. The van der Waals surface area contributed by atoms with Crippen molar-refractivity contribution in [1.29, 1.82) is 0 Å². The molecule has 17 heavy (non-hydrogen) atoms. The van der Waals surface area contributed by atoms with Crippen LogP contribution in [0.1, 0.15) is 12.8 Å². The van der Waals surface area contributed by atoms with Crippen molar-refractivity contribution >= 4 is 15.7 Å². The van der Waals surface area contributed by atoms with Crippen molar-refractivity contribution in [2.75, 3.05) is 18.9 Å². The molecular weight excluding hydrogens is 240 g/mol. The molecule has 0 aliphatic carbocycles. The molecule has 0 unspecified atom stereocenters. The van der Waals surface area contributed by atoms with Gasteiger partial charge >= 0.3 is 0 Å². The highest BCUT2D eigenvalue weighted by molar-refractivity contribution is 7.89. The second-order valence-electron chi connectivity index (χ2n) is 4.16. The Morgan fingerprint density at radius 1 is 1.35 bits per heavy atom. The van der Waals surface area contributed by atoms with E-state index in [2.05, 4.69) is 0 Å². The zero-order chi connectivity index (χ0) is 12.5. The number of hydrogen-bond acceptors (Lipinski definition) is 4. The number of rotatable bonds is 3. The summed E-state index contributed by atoms with van der Waals surface area (Å²) in [6.45, 7) is 0.339. The van der Waals surface area contributed by atoms with Crippen LogP contribution < -0.4 is 5.73 Å². The molecule has 6 heteroatoms. The van der Waals surface area contributed by atoms with E-state index in [1.807, 2.05) is 0 Å². The van der Waals surface area contributed by atoms with Gasteiger partial charge in [-0.25, -0.2) is 8.42 Å². The summed E-state index contributed by atoms with van der Waals surface area (Å²) >= 11 is 0. The Bertz CT molecular complexity index is 484. The van der Waals surface area contributed by atoms with Gasteiger partial charge in [-0.15, -0.1) is 0 Å². The standard InChI is InChI=1S/C11H16N2O3S/c12-9-3-5-11(6-4-9)17(15,16)13-7-1-2-10(13)8-14/h3-6,10,14H,1-2,7-8,12H2/t10-/m0/s1. The second kappa shape index (κ2) is 4.64. The molecule has 5 nitrogen and oxygen atoms in total. The first-order valence-electron chi connectivity index (χ1n) is 5.54. The number of aliphatic hydroxyl groups is 1. The van der Waals surface area contributed by atoms with Crippen LogP contribution in [0.25, 0.3) is 0 Å². The van der Waals surface area contributed by atoms with Crippen LogP contribution in [0, 0.1) is 0 Å². The van der Waals surface area contributed by atoms with Crippen molar-refractivity contribution in [1.82, 2.24) is 4.31 Å². The van der Waals surface area contributed by atoms with E-state index in [9.17, 15) is 8.42 Å². The summed E-state index contributed by atoms with van der Waals surface area (Å²) in [5, 5.41) is 9.16. The molecule has 0 spiro atoms. The predicted molar refractivity (Wildman–Crippen MR) is 64.9 cm³/mol. The lowest BCUT2D eigenvalue weighted by molar-refractivity contribution is 0.213. The number of hydrogen-bond donors (Lipinski definition) is 2. The fourth-order valence-electron chi connectivity index (χ4n) is 2.08. The number of nitrogen functional groups attached to an aromatic ring is 1. The fourth-order valence-corrected chi connectivity index (χ4v) is 3.77. The van der Waals surface area contributed by atoms with E-state index in [4.69, 9.17) is 10.8 Å². The summed E-state index contributed by atoms with van der Waals surface area (Å²) in [5.41, 5.74) is 6.06. The molecule has 0 amide bonds. The molecule has 0 bridgehead atoms. The molecule has 0 radical (unpaired) electrons. The summed E-state index contributed by atoms with van der Waals surface area (Å²) in [4.78, 5) is 0.229. The molecule has 1 saturated heterocycles. The van der Waals surface area contributed by atoms with Crippen LogP contribution in [-0.2, 0) is 10.0 Å². The monoisotopic (exact) mass is 256 g/mol. The number of sulfonamides is 1. The molecule has 2 rings (SSSR count). The lowest BCUT2D eigenvalue weighted by Crippen LogP contribution is -2.37. The maximum absolute atomic E-state index is 12.3. The van der Waals surface area contributed by atoms with Gasteiger partial charge in [0.05, 0.1) is 11.5 Å². The Hall–Kier alpha value is -1.11. The Kier molecular flexibility index (Phi) is 3.37. The van der Waals surface area contributed by atoms with Crippen molar-refractivity contribution in [3.05, 3.63) is 24.3 Å². The zero-order valence-electron chi connectivity index (χ0n) is 9.41. The molecule has 1 aromatic rings. The summed E-state index contributed by atoms with van der Waals surface area (Å²) < 4.78 is 26.0. The maximum atomic E-state index is 12.3. The van der Waals surface area contributed by atoms with Crippen LogP contribution in [0.3, 0.4) is 0 Å². The summed E-state index contributed by atoms with van der Waals surface area (Å²) in [6, 6.07) is 5.83. The Balaban J connectivity index is 2.33. The van der Waals surface area contributed by atoms with E-state index in [1.165, 1.54) is 16.4 Å². The third kappa shape index (κ3) is 2.29. The minimum Gasteiger partial charge on any atom is -0.399 e. The topological polar surface area (TPSA) is 83.6 Å². The molecule has 0 saturated carbocycles. The summed E-state index contributed by atoms with van der Waals surface area (Å²) in [5.74, 6) is 0. The highest BCUT2D eigenvalue weighted by atomic mass is 32.2. The van der Waals surface area contributed by atoms with Crippen LogP contribution in [0.2, 0.25) is 0 Å². The third-order valence-electron chi connectivity index (χ3n) is 3.02. The van der Waals surface area contributed by atoms with Crippen molar-refractivity contribution in [2.45, 2.75) is 23.8 Å². The van der Waals surface area contributed by atoms with E-state index in [1.54, 1.807) is 12.1 Å². The van der Waals surface area contributed by atoms with Gasteiger partial charge in [0, 0.05) is 18.3 Å². The molecule has 0 aromatic heterocycles. The predicted octanol–water partition coefficient (Wildman–Crippen LogP) is 0.414. The molecule has 94 valence electrons. The van der Waals surface area contributed by atoms with Gasteiger partial charge in [0.1, 0.15) is 0 Å². The number of aliphatic hydroxyl groups excluding tert-OH is 1. The van der Waals surface area contributed by atoms with Crippen LogP contribution >= 0.6 is 0 Å². The first-order valence-corrected chi connectivity index (χ1v) is 6.98. The van der Waals surface area contributed by atoms with E-state index in [0.29, 0.717) is 18.7 Å². The fraction of sp³-hybridized carbons (Fsp3) is 0.455. The van der Waals surface area contributed by atoms with E-state index >= 15 is 0 Å². The molecule has 1 fully saturated rings. The first kappa shape index (κ1) is 12.3. The normalized spacial score (nSPS) is 21.8. The summed E-state index contributed by atoms with van der Waals surface area (Å²) in [7, 11) is -3.50. The Morgan fingerprint density at radius 2 is 2.00 bits per heavy atom. The highest BCUT2D eigenvalue weighted by Gasteiger charge is 2.34. The van der Waals surface area contributed by atoms with Gasteiger partial charge < -0.3 is 10.8 Å². The Morgan fingerprint density at radius 3 is 2.59 bits per heavy atom. The van der Waals surface area contributed by atoms with Gasteiger partial charge in [-0.1, -0.05) is 0 Å². The lowest BCUT2D eigenvalue weighted by atomic mass is 10.2. The molecule has 1 aliphatic heterocycles. The number of nitrogens with two attached hydrogens (primary N) is 1. The third-order valence-corrected chi connectivity index (χ3v) is 4.99. The first-order chi connectivity index (χ1) is 8.05. The number of anilines is 1. The Labute approximate surface area is 101 Å². The van der Waals surface area contributed by atoms with Crippen molar-refractivity contribution in [3.8, 4) is 0 Å². The second-order valence-corrected chi connectivity index (χ2v) is 6.05. The molecular formula is C11H16N2O3S. The van der Waals surface area contributed by atoms with Gasteiger partial charge in [0.25, 0.3) is 0 Å². The largest absolute Gasteiger partial charge is 0.399 e. The van der Waals surface area contributed by atoms with Gasteiger partial charge in [-0.05, 0) is 37.1 Å². The van der Waals surface area contributed by atoms with Gasteiger partial charge in [-0.3, -0.25) is 0 Å². The van der Waals surface area contributed by atoms with Gasteiger partial charge in [-0.2, -0.15) is 4.31 Å². The highest BCUT2D eigenvalue weighted by Crippen LogP contribution is 2.26. The van der Waals surface area contributed by atoms with Crippen molar-refractivity contribution < 1.29 is 13.5 Å². The smallest absolute Gasteiger partial charge is 0.243 e. The van der Waals surface area contributed by atoms with Gasteiger partial charge in [0.15, 0.2) is 0 Å².